The molecule has 3 aromatic rings. The van der Waals surface area contributed by atoms with E-state index >= 15 is 0 Å². The summed E-state index contributed by atoms with van der Waals surface area (Å²) in [5.41, 5.74) is 9.15. The predicted octanol–water partition coefficient (Wildman–Crippen LogP) is 7.63. The van der Waals surface area contributed by atoms with E-state index in [1.165, 1.54) is 19.3 Å². The third-order valence-corrected chi connectivity index (χ3v) is 13.4. The van der Waals surface area contributed by atoms with E-state index in [0.29, 0.717) is 50.3 Å². The van der Waals surface area contributed by atoms with Crippen molar-refractivity contribution in [3.05, 3.63) is 89.4 Å². The maximum absolute atomic E-state index is 12.7. The van der Waals surface area contributed by atoms with Gasteiger partial charge in [-0.2, -0.15) is 11.9 Å². The van der Waals surface area contributed by atoms with Crippen molar-refractivity contribution in [3.63, 3.8) is 0 Å². The summed E-state index contributed by atoms with van der Waals surface area (Å²) in [5.74, 6) is -0.697. The molecule has 9 heteroatoms. The zero-order valence-corrected chi connectivity index (χ0v) is 32.7. The number of aromatic hydroxyl groups is 1. The first kappa shape index (κ1) is 41.0. The number of anilines is 1. The number of phenolic OH excluding ortho intramolecular Hbond substituents is 1. The van der Waals surface area contributed by atoms with Crippen molar-refractivity contribution in [1.29, 1.82) is 0 Å². The van der Waals surface area contributed by atoms with Crippen molar-refractivity contribution < 1.29 is 30.3 Å². The number of pyridine rings is 1. The second-order valence-electron chi connectivity index (χ2n) is 17.3. The summed E-state index contributed by atoms with van der Waals surface area (Å²) in [4.78, 5) is 21.5. The number of carbonyl (C=O) groups is 1. The van der Waals surface area contributed by atoms with Gasteiger partial charge in [0.15, 0.2) is 0 Å². The maximum atomic E-state index is 12.7. The maximum Gasteiger partial charge on any atom is 0.309 e. The lowest BCUT2D eigenvalue weighted by molar-refractivity contribution is -0.152. The molecule has 3 aliphatic carbocycles. The highest BCUT2D eigenvalue weighted by molar-refractivity contribution is 5.70. The number of aromatic nitrogens is 2. The van der Waals surface area contributed by atoms with Crippen molar-refractivity contribution in [1.82, 2.24) is 9.97 Å². The summed E-state index contributed by atoms with van der Waals surface area (Å²) >= 11 is 0. The van der Waals surface area contributed by atoms with Gasteiger partial charge in [-0.1, -0.05) is 81.4 Å². The molecule has 2 fully saturated rings. The number of aliphatic carboxylic acids is 1. The molecule has 0 radical (unpaired) electrons. The van der Waals surface area contributed by atoms with Crippen molar-refractivity contribution in [2.24, 2.45) is 41.4 Å². The van der Waals surface area contributed by atoms with Crippen LogP contribution in [-0.2, 0) is 24.1 Å². The van der Waals surface area contributed by atoms with Crippen LogP contribution in [0.3, 0.4) is 0 Å². The quantitative estimate of drug-likeness (QED) is 0.0532. The number of hydrogen-bond acceptors (Lipinski definition) is 7. The normalized spacial score (nSPS) is 28.8. The lowest BCUT2D eigenvalue weighted by Crippen LogP contribution is -2.50. The van der Waals surface area contributed by atoms with Gasteiger partial charge in [0.05, 0.1) is 23.7 Å². The van der Waals surface area contributed by atoms with Crippen LogP contribution in [0, 0.1) is 41.4 Å². The van der Waals surface area contributed by atoms with E-state index in [1.807, 2.05) is 30.5 Å². The molecule has 9 nitrogen and oxygen atoms in total. The molecule has 10 unspecified atom stereocenters. The van der Waals surface area contributed by atoms with Crippen LogP contribution in [0.15, 0.2) is 67.0 Å². The van der Waals surface area contributed by atoms with E-state index < -0.39 is 23.6 Å². The number of benzene rings is 1. The minimum atomic E-state index is -1.06. The van der Waals surface area contributed by atoms with E-state index in [9.17, 15) is 30.3 Å². The topological polar surface area (TPSA) is 171 Å². The predicted molar refractivity (Wildman–Crippen MR) is 215 cm³/mol. The number of allylic oxidation sites excluding steroid dienone is 1. The molecule has 7 N–H and O–H groups in total. The van der Waals surface area contributed by atoms with Crippen LogP contribution in [0.1, 0.15) is 119 Å². The summed E-state index contributed by atoms with van der Waals surface area (Å²) < 4.78 is 0. The van der Waals surface area contributed by atoms with E-state index in [-0.39, 0.29) is 41.4 Å². The molecule has 10 atom stereocenters. The minimum Gasteiger partial charge on any atom is -0.667 e. The molecule has 0 saturated heterocycles. The summed E-state index contributed by atoms with van der Waals surface area (Å²) in [7, 11) is 0. The van der Waals surface area contributed by atoms with Gasteiger partial charge in [-0.15, -0.1) is 0 Å². The minimum absolute atomic E-state index is 0.0147. The Morgan fingerprint density at radius 2 is 1.76 bits per heavy atom. The van der Waals surface area contributed by atoms with Crippen molar-refractivity contribution >= 4 is 11.8 Å². The number of nitrogen functional groups attached to an aromatic ring is 1. The number of nitrogens with zero attached hydrogens (tertiary/aromatic N) is 2. The summed E-state index contributed by atoms with van der Waals surface area (Å²) in [5, 5.41) is 55.2. The second-order valence-corrected chi connectivity index (χ2v) is 17.3. The number of aliphatic hydroxyl groups is 3. The Hall–Kier alpha value is -3.66. The number of nitrogens with two attached hydrogens (primary N) is 1. The smallest absolute Gasteiger partial charge is 0.309 e. The number of hydrogen-bond donors (Lipinski definition) is 6. The Kier molecular flexibility index (Phi) is 14.1. The number of carboxylic acids is 1. The van der Waals surface area contributed by atoms with Crippen LogP contribution in [0.2, 0.25) is 0 Å². The number of aliphatic hydroxyl groups excluding tert-OH is 2. The van der Waals surface area contributed by atoms with Gasteiger partial charge in [-0.25, -0.2) is 4.98 Å². The lowest BCUT2D eigenvalue weighted by atomic mass is 9.64. The number of unbranched alkanes of at least 4 members (excludes halogenated alkanes) is 4. The Balaban J connectivity index is 1.07. The number of fused-ring (bicyclic) bond motifs is 1. The first-order valence-corrected chi connectivity index (χ1v) is 21.1. The van der Waals surface area contributed by atoms with E-state index in [2.05, 4.69) is 30.1 Å². The van der Waals surface area contributed by atoms with Crippen LogP contribution in [-0.4, -0.2) is 54.3 Å². The van der Waals surface area contributed by atoms with Gasteiger partial charge in [0.2, 0.25) is 0 Å². The first-order chi connectivity index (χ1) is 26.5. The summed E-state index contributed by atoms with van der Waals surface area (Å²) in [6.07, 6.45) is 20.8. The van der Waals surface area contributed by atoms with Gasteiger partial charge in [0.25, 0.3) is 0 Å². The average Bonchev–Trinajstić information content (AvgIpc) is 3.71. The molecule has 0 amide bonds. The van der Waals surface area contributed by atoms with E-state index in [4.69, 9.17) is 10.7 Å². The molecular formula is C46H64N3O6-. The zero-order chi connectivity index (χ0) is 39.0. The average molecular weight is 755 g/mol. The van der Waals surface area contributed by atoms with Crippen LogP contribution in [0.25, 0.3) is 0 Å². The molecule has 300 valence electrons. The van der Waals surface area contributed by atoms with Gasteiger partial charge in [0.1, 0.15) is 11.6 Å². The fraction of sp³-hybridized carbons (Fsp3) is 0.609. The Morgan fingerprint density at radius 1 is 0.964 bits per heavy atom. The molecule has 2 saturated carbocycles. The van der Waals surface area contributed by atoms with Gasteiger partial charge in [-0.3, -0.25) is 4.79 Å². The van der Waals surface area contributed by atoms with Crippen LogP contribution in [0.4, 0.5) is 5.82 Å². The number of carboxylic acid groups (broad SMARTS) is 1. The van der Waals surface area contributed by atoms with Gasteiger partial charge >= 0.3 is 5.97 Å². The highest BCUT2D eigenvalue weighted by Crippen LogP contribution is 2.56. The third-order valence-electron chi connectivity index (χ3n) is 13.4. The van der Waals surface area contributed by atoms with Crippen molar-refractivity contribution in [2.75, 3.05) is 5.73 Å². The largest absolute Gasteiger partial charge is 0.667 e. The SMILES string of the molecule is CCCCCC1C=CC(CCCCCC(C(=O)O)C(O)C2CCC3C(Cc4ccnc(N)c4)CC(Cc4cc(Cc5ccc(O)cc5)c[n-]4)C3(O)C2)C(O)C1. The van der Waals surface area contributed by atoms with E-state index in [0.717, 1.165) is 73.8 Å². The van der Waals surface area contributed by atoms with Crippen molar-refractivity contribution in [3.8, 4) is 5.75 Å². The van der Waals surface area contributed by atoms with Gasteiger partial charge in [0, 0.05) is 12.1 Å². The highest BCUT2D eigenvalue weighted by Gasteiger charge is 2.57. The lowest BCUT2D eigenvalue weighted by Gasteiger charge is -2.46. The fourth-order valence-corrected chi connectivity index (χ4v) is 10.5. The molecule has 2 aromatic heterocycles. The summed E-state index contributed by atoms with van der Waals surface area (Å²) in [6.45, 7) is 2.21. The molecule has 0 aliphatic heterocycles. The molecule has 3 aliphatic rings. The van der Waals surface area contributed by atoms with Crippen molar-refractivity contribution in [2.45, 2.75) is 134 Å². The summed E-state index contributed by atoms with van der Waals surface area (Å²) in [6, 6.07) is 13.2. The van der Waals surface area contributed by atoms with Crippen LogP contribution >= 0.6 is 0 Å². The molecule has 0 spiro atoms. The Bertz CT molecular complexity index is 1690. The zero-order valence-electron chi connectivity index (χ0n) is 32.7. The van der Waals surface area contributed by atoms with E-state index in [1.54, 1.807) is 18.3 Å². The number of rotatable bonds is 19. The molecule has 2 heterocycles. The first-order valence-electron chi connectivity index (χ1n) is 21.1. The molecule has 0 bridgehead atoms. The Morgan fingerprint density at radius 3 is 2.51 bits per heavy atom. The standard InChI is InChI=1S/C46H64N3O6/c1-2-3-5-8-30-11-14-34(42(51)24-30)9-6-4-7-10-40(45(53)54)44(52)35-15-18-41-36(22-32-19-20-48-43(47)25-32)26-37(46(41,55)28-35)27-38-23-33(29-49-38)21-31-12-16-39(50)17-13-31/h11-14,16-17,19-20,23,25,29-30,34-37,40-42,44,50-52,55H,2-10,15,18,21-22,24,26-28H2,1H3,(H2,47,48)(H,53,54)/q-1. The molecule has 6 rings (SSSR count). The van der Waals surface area contributed by atoms with Gasteiger partial charge in [-0.05, 0) is 136 Å². The monoisotopic (exact) mass is 754 g/mol. The highest BCUT2D eigenvalue weighted by atomic mass is 16.4. The van der Waals surface area contributed by atoms with Crippen LogP contribution < -0.4 is 10.7 Å². The molecule has 1 aromatic carbocycles. The third kappa shape index (κ3) is 10.6. The van der Waals surface area contributed by atoms with Crippen LogP contribution in [0.5, 0.6) is 5.75 Å². The van der Waals surface area contributed by atoms with Gasteiger partial charge < -0.3 is 36.3 Å². The number of phenols is 1. The second kappa shape index (κ2) is 19.0. The Labute approximate surface area is 327 Å². The fourth-order valence-electron chi connectivity index (χ4n) is 10.5. The molecule has 55 heavy (non-hydrogen) atoms. The molecular weight excluding hydrogens is 691 g/mol.